The molecule has 2 heterocycles. The Balaban J connectivity index is 1.40. The summed E-state index contributed by atoms with van der Waals surface area (Å²) in [5.74, 6) is 0.426. The zero-order valence-electron chi connectivity index (χ0n) is 20.9. The van der Waals surface area contributed by atoms with Crippen molar-refractivity contribution < 1.29 is 9.59 Å². The molecule has 2 fully saturated rings. The van der Waals surface area contributed by atoms with Crippen molar-refractivity contribution in [2.24, 2.45) is 5.92 Å². The Morgan fingerprint density at radius 1 is 1.29 bits per heavy atom. The van der Waals surface area contributed by atoms with Gasteiger partial charge in [0.2, 0.25) is 5.91 Å². The van der Waals surface area contributed by atoms with Gasteiger partial charge in [-0.25, -0.2) is 4.98 Å². The van der Waals surface area contributed by atoms with E-state index in [2.05, 4.69) is 47.9 Å². The summed E-state index contributed by atoms with van der Waals surface area (Å²) in [6.07, 6.45) is 8.06. The molecule has 2 aliphatic rings. The Kier molecular flexibility index (Phi) is 8.04. The van der Waals surface area contributed by atoms with E-state index in [9.17, 15) is 9.59 Å². The number of carbonyl (C=O) groups excluding carboxylic acids is 2. The zero-order valence-corrected chi connectivity index (χ0v) is 21.7. The van der Waals surface area contributed by atoms with E-state index < -0.39 is 6.04 Å². The highest BCUT2D eigenvalue weighted by atomic mass is 32.1. The fraction of sp³-hybridized carbons (Fsp3) is 0.593. The van der Waals surface area contributed by atoms with Crippen LogP contribution in [0.15, 0.2) is 35.8 Å². The molecule has 0 radical (unpaired) electrons. The minimum Gasteiger partial charge on any atom is -0.340 e. The first-order valence-electron chi connectivity index (χ1n) is 12.7. The predicted octanol–water partition coefficient (Wildman–Crippen LogP) is 4.82. The number of aromatic nitrogens is 1. The molecule has 2 aromatic rings. The molecule has 0 unspecified atom stereocenters. The van der Waals surface area contributed by atoms with Gasteiger partial charge in [-0.05, 0) is 71.0 Å². The van der Waals surface area contributed by atoms with Crippen molar-refractivity contribution in [2.75, 3.05) is 13.6 Å². The van der Waals surface area contributed by atoms with Crippen LogP contribution in [0.2, 0.25) is 0 Å². The molecule has 1 saturated heterocycles. The van der Waals surface area contributed by atoms with Crippen molar-refractivity contribution in [1.29, 1.82) is 0 Å². The quantitative estimate of drug-likeness (QED) is 0.586. The molecule has 1 saturated carbocycles. The van der Waals surface area contributed by atoms with Crippen LogP contribution in [0, 0.1) is 5.92 Å². The Morgan fingerprint density at radius 2 is 2.12 bits per heavy atom. The largest absolute Gasteiger partial charge is 0.340 e. The average Bonchev–Trinajstić information content (AvgIpc) is 3.50. The first kappa shape index (κ1) is 24.9. The standard InChI is InChI=1S/C27H38N4O2S/c1-5-7-19-17-22(30(4)18(2)3)10-11-24(19)31-14-12-23(27(31)33)29-25(32)20-8-6-9-21(16-20)26-28-13-15-34-26/h6,8-9,13,15-16,18-19,22-24H,5,7,10-12,14,17H2,1-4H3,(H,29,32)/t19-,22+,23-,24-/m0/s1. The average molecular weight is 483 g/mol. The van der Waals surface area contributed by atoms with E-state index in [1.54, 1.807) is 23.6 Å². The van der Waals surface area contributed by atoms with Crippen molar-refractivity contribution in [2.45, 2.75) is 83.5 Å². The number of nitrogens with one attached hydrogen (secondary N) is 1. The minimum absolute atomic E-state index is 0.0891. The SMILES string of the molecule is CCC[C@H]1C[C@H](N(C)C(C)C)CC[C@@H]1N1CC[C@H](NC(=O)c2cccc(-c3nccs3)c2)C1=O. The number of hydrogen-bond acceptors (Lipinski definition) is 5. The molecular weight excluding hydrogens is 444 g/mol. The number of hydrogen-bond donors (Lipinski definition) is 1. The number of nitrogens with zero attached hydrogens (tertiary/aromatic N) is 3. The summed E-state index contributed by atoms with van der Waals surface area (Å²) in [5, 5.41) is 5.83. The van der Waals surface area contributed by atoms with Crippen molar-refractivity contribution in [3.05, 3.63) is 41.4 Å². The molecule has 1 aromatic heterocycles. The first-order valence-corrected chi connectivity index (χ1v) is 13.6. The summed E-state index contributed by atoms with van der Waals surface area (Å²) < 4.78 is 0. The van der Waals surface area contributed by atoms with Crippen molar-refractivity contribution in [3.63, 3.8) is 0 Å². The number of benzene rings is 1. The number of likely N-dealkylation sites (tertiary alicyclic amines) is 1. The van der Waals surface area contributed by atoms with Gasteiger partial charge in [-0.15, -0.1) is 11.3 Å². The number of rotatable bonds is 8. The van der Waals surface area contributed by atoms with E-state index in [4.69, 9.17) is 0 Å². The van der Waals surface area contributed by atoms with Gasteiger partial charge in [0.15, 0.2) is 0 Å². The molecule has 184 valence electrons. The van der Waals surface area contributed by atoms with Gasteiger partial charge in [0.1, 0.15) is 11.0 Å². The van der Waals surface area contributed by atoms with Crippen LogP contribution in [-0.4, -0.2) is 64.4 Å². The number of amides is 2. The van der Waals surface area contributed by atoms with Gasteiger partial charge in [0.25, 0.3) is 5.91 Å². The summed E-state index contributed by atoms with van der Waals surface area (Å²) in [5.41, 5.74) is 1.49. The lowest BCUT2D eigenvalue weighted by molar-refractivity contribution is -0.133. The fourth-order valence-corrected chi connectivity index (χ4v) is 6.31. The second-order valence-electron chi connectivity index (χ2n) is 10.1. The maximum atomic E-state index is 13.4. The fourth-order valence-electron chi connectivity index (χ4n) is 5.67. The van der Waals surface area contributed by atoms with Crippen molar-refractivity contribution in [1.82, 2.24) is 20.1 Å². The lowest BCUT2D eigenvalue weighted by atomic mass is 9.77. The molecule has 6 nitrogen and oxygen atoms in total. The van der Waals surface area contributed by atoms with Crippen LogP contribution in [-0.2, 0) is 4.79 Å². The number of carbonyl (C=O) groups is 2. The van der Waals surface area contributed by atoms with Crippen LogP contribution in [0.4, 0.5) is 0 Å². The van der Waals surface area contributed by atoms with Gasteiger partial charge in [0.05, 0.1) is 0 Å². The molecule has 1 aliphatic carbocycles. The highest BCUT2D eigenvalue weighted by Crippen LogP contribution is 2.36. The van der Waals surface area contributed by atoms with E-state index in [0.717, 1.165) is 49.2 Å². The predicted molar refractivity (Wildman–Crippen MR) is 138 cm³/mol. The van der Waals surface area contributed by atoms with Crippen LogP contribution in [0.25, 0.3) is 10.6 Å². The summed E-state index contributed by atoms with van der Waals surface area (Å²) >= 11 is 1.55. The van der Waals surface area contributed by atoms with Gasteiger partial charge >= 0.3 is 0 Å². The summed E-state index contributed by atoms with van der Waals surface area (Å²) in [6.45, 7) is 7.48. The van der Waals surface area contributed by atoms with Gasteiger partial charge < -0.3 is 15.1 Å². The van der Waals surface area contributed by atoms with E-state index >= 15 is 0 Å². The monoisotopic (exact) mass is 482 g/mol. The highest BCUT2D eigenvalue weighted by Gasteiger charge is 2.42. The molecule has 4 rings (SSSR count). The first-order chi connectivity index (χ1) is 16.4. The van der Waals surface area contributed by atoms with Gasteiger partial charge in [0, 0.05) is 47.4 Å². The molecule has 0 spiro atoms. The lowest BCUT2D eigenvalue weighted by Crippen LogP contribution is -2.51. The number of thiazole rings is 1. The molecule has 1 aromatic carbocycles. The maximum Gasteiger partial charge on any atom is 0.251 e. The molecule has 4 atom stereocenters. The summed E-state index contributed by atoms with van der Waals surface area (Å²) in [6, 6.07) is 8.46. The molecular formula is C27H38N4O2S. The highest BCUT2D eigenvalue weighted by molar-refractivity contribution is 7.13. The normalized spacial score (nSPS) is 25.4. The van der Waals surface area contributed by atoms with Gasteiger partial charge in [-0.2, -0.15) is 0 Å². The third-order valence-corrected chi connectivity index (χ3v) is 8.54. The second kappa shape index (κ2) is 11.0. The van der Waals surface area contributed by atoms with Crippen LogP contribution >= 0.6 is 11.3 Å². The molecule has 34 heavy (non-hydrogen) atoms. The Labute approximate surface area is 207 Å². The van der Waals surface area contributed by atoms with E-state index in [-0.39, 0.29) is 11.8 Å². The van der Waals surface area contributed by atoms with Crippen molar-refractivity contribution >= 4 is 23.2 Å². The second-order valence-corrected chi connectivity index (χ2v) is 11.0. The topological polar surface area (TPSA) is 65.5 Å². The molecule has 1 N–H and O–H groups in total. The summed E-state index contributed by atoms with van der Waals surface area (Å²) in [4.78, 5) is 35.3. The molecule has 0 bridgehead atoms. The van der Waals surface area contributed by atoms with E-state index in [0.29, 0.717) is 36.0 Å². The van der Waals surface area contributed by atoms with Crippen LogP contribution in [0.5, 0.6) is 0 Å². The van der Waals surface area contributed by atoms with Crippen LogP contribution in [0.1, 0.15) is 69.7 Å². The maximum absolute atomic E-state index is 13.4. The van der Waals surface area contributed by atoms with Gasteiger partial charge in [-0.1, -0.05) is 25.5 Å². The Bertz CT molecular complexity index is 977. The smallest absolute Gasteiger partial charge is 0.251 e. The molecule has 1 aliphatic heterocycles. The Hall–Kier alpha value is -2.25. The third-order valence-electron chi connectivity index (χ3n) is 7.71. The minimum atomic E-state index is -0.436. The van der Waals surface area contributed by atoms with Crippen molar-refractivity contribution in [3.8, 4) is 10.6 Å². The van der Waals surface area contributed by atoms with Gasteiger partial charge in [-0.3, -0.25) is 9.59 Å². The molecule has 2 amide bonds. The lowest BCUT2D eigenvalue weighted by Gasteiger charge is -2.44. The molecule has 7 heteroatoms. The summed E-state index contributed by atoms with van der Waals surface area (Å²) in [7, 11) is 2.23. The van der Waals surface area contributed by atoms with Crippen LogP contribution < -0.4 is 5.32 Å². The van der Waals surface area contributed by atoms with E-state index in [1.807, 2.05) is 23.6 Å². The zero-order chi connectivity index (χ0) is 24.2. The third kappa shape index (κ3) is 5.36. The Morgan fingerprint density at radius 3 is 2.82 bits per heavy atom. The van der Waals surface area contributed by atoms with E-state index in [1.165, 1.54) is 0 Å². The van der Waals surface area contributed by atoms with Crippen LogP contribution in [0.3, 0.4) is 0 Å².